The Labute approximate surface area is 159 Å². The monoisotopic (exact) mass is 400 g/mol. The SMILES string of the molecule is C[C@@H](Nc1ccc(Cl)c(Cl)c1)C(=O)NNC(=O)Nc1ccc(Cl)cc1. The maximum Gasteiger partial charge on any atom is 0.337 e. The van der Waals surface area contributed by atoms with Gasteiger partial charge in [-0.3, -0.25) is 10.2 Å². The summed E-state index contributed by atoms with van der Waals surface area (Å²) in [5.41, 5.74) is 5.74. The first-order valence-corrected chi connectivity index (χ1v) is 8.32. The molecule has 25 heavy (non-hydrogen) atoms. The second kappa shape index (κ2) is 8.80. The Morgan fingerprint density at radius 3 is 2.16 bits per heavy atom. The van der Waals surface area contributed by atoms with Gasteiger partial charge < -0.3 is 10.6 Å². The van der Waals surface area contributed by atoms with Gasteiger partial charge in [0.25, 0.3) is 5.91 Å². The lowest BCUT2D eigenvalue weighted by Gasteiger charge is -2.16. The van der Waals surface area contributed by atoms with Crippen molar-refractivity contribution < 1.29 is 9.59 Å². The second-order valence-electron chi connectivity index (χ2n) is 5.07. The molecule has 0 saturated carbocycles. The Bertz CT molecular complexity index is 768. The Balaban J connectivity index is 1.81. The maximum absolute atomic E-state index is 12.0. The van der Waals surface area contributed by atoms with Crippen molar-refractivity contribution in [2.75, 3.05) is 10.6 Å². The standard InChI is InChI=1S/C16H15Cl3N4O2/c1-9(20-12-6-7-13(18)14(19)8-12)15(24)22-23-16(25)21-11-4-2-10(17)3-5-11/h2-9,20H,1H3,(H,22,24)(H2,21,23,25)/t9-/m1/s1. The van der Waals surface area contributed by atoms with E-state index in [2.05, 4.69) is 21.5 Å². The first-order chi connectivity index (χ1) is 11.8. The summed E-state index contributed by atoms with van der Waals surface area (Å²) in [7, 11) is 0. The van der Waals surface area contributed by atoms with Crippen molar-refractivity contribution in [2.45, 2.75) is 13.0 Å². The van der Waals surface area contributed by atoms with Gasteiger partial charge in [-0.15, -0.1) is 0 Å². The molecule has 0 saturated heterocycles. The number of hydrogen-bond donors (Lipinski definition) is 4. The molecule has 2 rings (SSSR count). The number of nitrogens with one attached hydrogen (secondary N) is 4. The van der Waals surface area contributed by atoms with Gasteiger partial charge in [0.05, 0.1) is 10.0 Å². The van der Waals surface area contributed by atoms with Gasteiger partial charge in [0.1, 0.15) is 6.04 Å². The molecule has 0 radical (unpaired) electrons. The van der Waals surface area contributed by atoms with Gasteiger partial charge in [0, 0.05) is 16.4 Å². The van der Waals surface area contributed by atoms with Crippen molar-refractivity contribution in [3.63, 3.8) is 0 Å². The zero-order valence-corrected chi connectivity index (χ0v) is 15.3. The van der Waals surface area contributed by atoms with Crippen LogP contribution in [0, 0.1) is 0 Å². The van der Waals surface area contributed by atoms with Crippen LogP contribution in [0.3, 0.4) is 0 Å². The summed E-state index contributed by atoms with van der Waals surface area (Å²) in [4.78, 5) is 23.8. The number of carbonyl (C=O) groups excluding carboxylic acids is 2. The number of hydrazine groups is 1. The van der Waals surface area contributed by atoms with Gasteiger partial charge >= 0.3 is 6.03 Å². The number of benzene rings is 2. The summed E-state index contributed by atoms with van der Waals surface area (Å²) in [6.45, 7) is 1.64. The molecule has 0 bridgehead atoms. The highest BCUT2D eigenvalue weighted by Crippen LogP contribution is 2.25. The Morgan fingerprint density at radius 2 is 1.52 bits per heavy atom. The summed E-state index contributed by atoms with van der Waals surface area (Å²) >= 11 is 17.5. The van der Waals surface area contributed by atoms with E-state index < -0.39 is 18.0 Å². The van der Waals surface area contributed by atoms with Crippen molar-refractivity contribution in [1.82, 2.24) is 10.9 Å². The topological polar surface area (TPSA) is 82.3 Å². The maximum atomic E-state index is 12.0. The third-order valence-electron chi connectivity index (χ3n) is 3.10. The van der Waals surface area contributed by atoms with E-state index in [0.717, 1.165) is 0 Å². The summed E-state index contributed by atoms with van der Waals surface area (Å²) in [5, 5.41) is 6.85. The fourth-order valence-electron chi connectivity index (χ4n) is 1.82. The van der Waals surface area contributed by atoms with Crippen LogP contribution in [0.2, 0.25) is 15.1 Å². The van der Waals surface area contributed by atoms with Crippen molar-refractivity contribution in [1.29, 1.82) is 0 Å². The van der Waals surface area contributed by atoms with E-state index in [1.54, 1.807) is 49.4 Å². The van der Waals surface area contributed by atoms with Gasteiger partial charge in [-0.05, 0) is 49.4 Å². The first kappa shape index (κ1) is 19.2. The molecule has 4 N–H and O–H groups in total. The van der Waals surface area contributed by atoms with Crippen molar-refractivity contribution in [2.24, 2.45) is 0 Å². The minimum atomic E-state index is -0.618. The first-order valence-electron chi connectivity index (χ1n) is 7.19. The predicted octanol–water partition coefficient (Wildman–Crippen LogP) is 4.30. The van der Waals surface area contributed by atoms with Crippen LogP contribution in [0.25, 0.3) is 0 Å². The van der Waals surface area contributed by atoms with Crippen LogP contribution < -0.4 is 21.5 Å². The molecule has 6 nitrogen and oxygen atoms in total. The van der Waals surface area contributed by atoms with Crippen molar-refractivity contribution in [3.8, 4) is 0 Å². The normalized spacial score (nSPS) is 11.4. The Morgan fingerprint density at radius 1 is 0.880 bits per heavy atom. The largest absolute Gasteiger partial charge is 0.374 e. The van der Waals surface area contributed by atoms with E-state index in [4.69, 9.17) is 34.8 Å². The third-order valence-corrected chi connectivity index (χ3v) is 4.09. The van der Waals surface area contributed by atoms with Crippen LogP contribution in [0.5, 0.6) is 0 Å². The quantitative estimate of drug-likeness (QED) is 0.577. The zero-order valence-electron chi connectivity index (χ0n) is 13.1. The van der Waals surface area contributed by atoms with Crippen LogP contribution in [0.4, 0.5) is 16.2 Å². The molecule has 0 fully saturated rings. The van der Waals surface area contributed by atoms with Crippen molar-refractivity contribution in [3.05, 3.63) is 57.5 Å². The number of urea groups is 1. The minimum Gasteiger partial charge on any atom is -0.374 e. The minimum absolute atomic E-state index is 0.375. The number of rotatable bonds is 4. The number of anilines is 2. The summed E-state index contributed by atoms with van der Waals surface area (Å²) < 4.78 is 0. The average Bonchev–Trinajstić information content (AvgIpc) is 2.58. The number of carbonyl (C=O) groups is 2. The van der Waals surface area contributed by atoms with Gasteiger partial charge in [-0.2, -0.15) is 0 Å². The molecule has 0 aliphatic heterocycles. The van der Waals surface area contributed by atoms with Crippen LogP contribution in [-0.4, -0.2) is 18.0 Å². The molecule has 2 aromatic rings. The lowest BCUT2D eigenvalue weighted by Crippen LogP contribution is -2.49. The molecule has 0 spiro atoms. The van der Waals surface area contributed by atoms with Gasteiger partial charge in [-0.25, -0.2) is 10.2 Å². The lowest BCUT2D eigenvalue weighted by molar-refractivity contribution is -0.122. The van der Waals surface area contributed by atoms with Crippen molar-refractivity contribution >= 4 is 58.1 Å². The lowest BCUT2D eigenvalue weighted by atomic mass is 10.2. The van der Waals surface area contributed by atoms with E-state index in [0.29, 0.717) is 26.4 Å². The highest BCUT2D eigenvalue weighted by atomic mass is 35.5. The van der Waals surface area contributed by atoms with E-state index in [1.165, 1.54) is 0 Å². The molecule has 0 heterocycles. The zero-order chi connectivity index (χ0) is 18.4. The summed E-state index contributed by atoms with van der Waals surface area (Å²) in [6.07, 6.45) is 0. The molecule has 132 valence electrons. The molecular weight excluding hydrogens is 387 g/mol. The van der Waals surface area contributed by atoms with Crippen LogP contribution in [0.1, 0.15) is 6.92 Å². The van der Waals surface area contributed by atoms with E-state index in [-0.39, 0.29) is 0 Å². The molecule has 0 aromatic heterocycles. The molecule has 0 unspecified atom stereocenters. The molecule has 0 aliphatic rings. The summed E-state index contributed by atoms with van der Waals surface area (Å²) in [6, 6.07) is 10.3. The fourth-order valence-corrected chi connectivity index (χ4v) is 2.25. The second-order valence-corrected chi connectivity index (χ2v) is 6.32. The molecule has 0 aliphatic carbocycles. The van der Waals surface area contributed by atoms with Crippen LogP contribution in [0.15, 0.2) is 42.5 Å². The highest BCUT2D eigenvalue weighted by molar-refractivity contribution is 6.42. The smallest absolute Gasteiger partial charge is 0.337 e. The predicted molar refractivity (Wildman–Crippen MR) is 101 cm³/mol. The molecule has 1 atom stereocenters. The average molecular weight is 402 g/mol. The van der Waals surface area contributed by atoms with E-state index >= 15 is 0 Å². The molecule has 3 amide bonds. The Hall–Kier alpha value is -2.15. The van der Waals surface area contributed by atoms with E-state index in [1.807, 2.05) is 0 Å². The third kappa shape index (κ3) is 6.01. The van der Waals surface area contributed by atoms with Crippen LogP contribution >= 0.6 is 34.8 Å². The van der Waals surface area contributed by atoms with Gasteiger partial charge in [0.15, 0.2) is 0 Å². The number of hydrogen-bond acceptors (Lipinski definition) is 3. The summed E-state index contributed by atoms with van der Waals surface area (Å²) in [5.74, 6) is -0.433. The molecule has 9 heteroatoms. The fraction of sp³-hybridized carbons (Fsp3) is 0.125. The Kier molecular flexibility index (Phi) is 6.75. The molecular formula is C16H15Cl3N4O2. The number of halogens is 3. The molecule has 2 aromatic carbocycles. The number of amides is 3. The van der Waals surface area contributed by atoms with Gasteiger partial charge in [-0.1, -0.05) is 34.8 Å². The highest BCUT2D eigenvalue weighted by Gasteiger charge is 2.14. The van der Waals surface area contributed by atoms with Crippen LogP contribution in [-0.2, 0) is 4.79 Å². The van der Waals surface area contributed by atoms with Gasteiger partial charge in [0.2, 0.25) is 0 Å². The van der Waals surface area contributed by atoms with E-state index in [9.17, 15) is 9.59 Å².